The maximum Gasteiger partial charge on any atom is 0.0686 e. The summed E-state index contributed by atoms with van der Waals surface area (Å²) in [6.07, 6.45) is 1.00. The van der Waals surface area contributed by atoms with E-state index in [9.17, 15) is 0 Å². The summed E-state index contributed by atoms with van der Waals surface area (Å²) in [5.74, 6) is 0. The Hall–Kier alpha value is -0.640. The van der Waals surface area contributed by atoms with Crippen LogP contribution in [0.1, 0.15) is 18.7 Å². The van der Waals surface area contributed by atoms with Crippen molar-refractivity contribution in [1.82, 2.24) is 5.32 Å². The zero-order valence-corrected chi connectivity index (χ0v) is 11.0. The average molecular weight is 239 g/mol. The van der Waals surface area contributed by atoms with Gasteiger partial charge in [-0.05, 0) is 17.0 Å². The minimum absolute atomic E-state index is 0.503. The average Bonchev–Trinajstić information content (AvgIpc) is 2.74. The van der Waals surface area contributed by atoms with Crippen molar-refractivity contribution in [2.75, 3.05) is 19.8 Å². The van der Waals surface area contributed by atoms with E-state index in [1.165, 1.54) is 4.88 Å². The summed E-state index contributed by atoms with van der Waals surface area (Å²) in [6.45, 7) is 10.5. The van der Waals surface area contributed by atoms with Crippen LogP contribution in [0, 0.1) is 0 Å². The Morgan fingerprint density at radius 1 is 1.56 bits per heavy atom. The predicted molar refractivity (Wildman–Crippen MR) is 71.1 cm³/mol. The van der Waals surface area contributed by atoms with Crippen LogP contribution in [-0.4, -0.2) is 25.8 Å². The van der Waals surface area contributed by atoms with Gasteiger partial charge in [-0.25, -0.2) is 0 Å². The highest BCUT2D eigenvalue weighted by Gasteiger charge is 1.98. The molecular weight excluding hydrogens is 218 g/mol. The van der Waals surface area contributed by atoms with Crippen molar-refractivity contribution in [2.24, 2.45) is 0 Å². The molecule has 1 heterocycles. The normalized spacial score (nSPS) is 10.9. The number of nitrogens with one attached hydrogen (secondary N) is 1. The SMILES string of the molecule is C=C(CNC(C)C)COCCc1cccs1. The Morgan fingerprint density at radius 3 is 3.00 bits per heavy atom. The van der Waals surface area contributed by atoms with Crippen LogP contribution in [-0.2, 0) is 11.2 Å². The molecule has 3 heteroatoms. The molecule has 1 aromatic heterocycles. The first-order valence-electron chi connectivity index (χ1n) is 5.68. The van der Waals surface area contributed by atoms with Gasteiger partial charge >= 0.3 is 0 Å². The number of hydrogen-bond donors (Lipinski definition) is 1. The van der Waals surface area contributed by atoms with E-state index in [0.29, 0.717) is 12.6 Å². The van der Waals surface area contributed by atoms with Crippen molar-refractivity contribution in [1.29, 1.82) is 0 Å². The van der Waals surface area contributed by atoms with Gasteiger partial charge in [0.15, 0.2) is 0 Å². The first-order chi connectivity index (χ1) is 7.68. The van der Waals surface area contributed by atoms with Gasteiger partial charge in [0.05, 0.1) is 13.2 Å². The van der Waals surface area contributed by atoms with Gasteiger partial charge < -0.3 is 10.1 Å². The van der Waals surface area contributed by atoms with E-state index in [2.05, 4.69) is 43.3 Å². The van der Waals surface area contributed by atoms with Crippen LogP contribution < -0.4 is 5.32 Å². The highest BCUT2D eigenvalue weighted by molar-refractivity contribution is 7.09. The number of rotatable bonds is 8. The quantitative estimate of drug-likeness (QED) is 0.556. The van der Waals surface area contributed by atoms with Gasteiger partial charge in [-0.1, -0.05) is 26.5 Å². The standard InChI is InChI=1S/C13H21NOS/c1-11(2)14-9-12(3)10-15-7-6-13-5-4-8-16-13/h4-5,8,11,14H,3,6-7,9-10H2,1-2H3. The molecule has 0 aromatic carbocycles. The van der Waals surface area contributed by atoms with Crippen molar-refractivity contribution < 1.29 is 4.74 Å². The van der Waals surface area contributed by atoms with Crippen molar-refractivity contribution in [3.05, 3.63) is 34.5 Å². The van der Waals surface area contributed by atoms with Gasteiger partial charge in [-0.15, -0.1) is 11.3 Å². The molecule has 1 aromatic rings. The summed E-state index contributed by atoms with van der Waals surface area (Å²) in [5, 5.41) is 5.42. The molecule has 16 heavy (non-hydrogen) atoms. The summed E-state index contributed by atoms with van der Waals surface area (Å²) in [4.78, 5) is 1.38. The van der Waals surface area contributed by atoms with Gasteiger partial charge in [-0.2, -0.15) is 0 Å². The fourth-order valence-corrected chi connectivity index (χ4v) is 1.93. The minimum atomic E-state index is 0.503. The zero-order chi connectivity index (χ0) is 11.8. The lowest BCUT2D eigenvalue weighted by Crippen LogP contribution is -2.26. The second kappa shape index (κ2) is 7.60. The molecule has 0 unspecified atom stereocenters. The van der Waals surface area contributed by atoms with Crippen LogP contribution in [0.2, 0.25) is 0 Å². The lowest BCUT2D eigenvalue weighted by molar-refractivity contribution is 0.158. The van der Waals surface area contributed by atoms with E-state index in [4.69, 9.17) is 4.74 Å². The molecule has 0 atom stereocenters. The van der Waals surface area contributed by atoms with E-state index in [0.717, 1.165) is 25.1 Å². The molecule has 0 spiro atoms. The maximum atomic E-state index is 5.57. The molecule has 0 bridgehead atoms. The highest BCUT2D eigenvalue weighted by atomic mass is 32.1. The molecule has 0 saturated heterocycles. The highest BCUT2D eigenvalue weighted by Crippen LogP contribution is 2.08. The van der Waals surface area contributed by atoms with E-state index in [1.807, 2.05) is 0 Å². The van der Waals surface area contributed by atoms with Crippen LogP contribution in [0.25, 0.3) is 0 Å². The van der Waals surface area contributed by atoms with Crippen molar-refractivity contribution in [3.63, 3.8) is 0 Å². The molecule has 0 amide bonds. The first-order valence-corrected chi connectivity index (χ1v) is 6.56. The van der Waals surface area contributed by atoms with E-state index in [1.54, 1.807) is 11.3 Å². The molecular formula is C13H21NOS. The summed E-state index contributed by atoms with van der Waals surface area (Å²) in [5.41, 5.74) is 1.11. The molecule has 0 aliphatic carbocycles. The molecule has 0 aliphatic rings. The Balaban J connectivity index is 2.00. The summed E-state index contributed by atoms with van der Waals surface area (Å²) in [7, 11) is 0. The van der Waals surface area contributed by atoms with Gasteiger partial charge in [0.25, 0.3) is 0 Å². The smallest absolute Gasteiger partial charge is 0.0686 e. The van der Waals surface area contributed by atoms with Crippen LogP contribution in [0.4, 0.5) is 0 Å². The van der Waals surface area contributed by atoms with Crippen molar-refractivity contribution >= 4 is 11.3 Å². The zero-order valence-electron chi connectivity index (χ0n) is 10.2. The summed E-state index contributed by atoms with van der Waals surface area (Å²) >= 11 is 1.78. The largest absolute Gasteiger partial charge is 0.377 e. The number of thiophene rings is 1. The predicted octanol–water partition coefficient (Wildman–Crippen LogP) is 2.86. The van der Waals surface area contributed by atoms with E-state index in [-0.39, 0.29) is 0 Å². The Kier molecular flexibility index (Phi) is 6.38. The molecule has 0 fully saturated rings. The molecule has 0 radical (unpaired) electrons. The van der Waals surface area contributed by atoms with E-state index < -0.39 is 0 Å². The fourth-order valence-electron chi connectivity index (χ4n) is 1.24. The Morgan fingerprint density at radius 2 is 2.38 bits per heavy atom. The van der Waals surface area contributed by atoms with Crippen molar-refractivity contribution in [2.45, 2.75) is 26.3 Å². The lowest BCUT2D eigenvalue weighted by Gasteiger charge is -2.10. The van der Waals surface area contributed by atoms with E-state index >= 15 is 0 Å². The Labute approximate surface area is 102 Å². The van der Waals surface area contributed by atoms with Gasteiger partial charge in [0, 0.05) is 23.9 Å². The number of ether oxygens (including phenoxy) is 1. The second-order valence-corrected chi connectivity index (χ2v) is 5.20. The molecule has 0 saturated carbocycles. The van der Waals surface area contributed by atoms with Gasteiger partial charge in [0.2, 0.25) is 0 Å². The third-order valence-electron chi connectivity index (χ3n) is 2.14. The first kappa shape index (κ1) is 13.4. The van der Waals surface area contributed by atoms with Crippen LogP contribution in [0.3, 0.4) is 0 Å². The number of hydrogen-bond acceptors (Lipinski definition) is 3. The lowest BCUT2D eigenvalue weighted by atomic mass is 10.3. The Bertz CT molecular complexity index is 293. The molecule has 0 aliphatic heterocycles. The molecule has 1 rings (SSSR count). The summed E-state index contributed by atoms with van der Waals surface area (Å²) in [6, 6.07) is 4.72. The van der Waals surface area contributed by atoms with Crippen LogP contribution in [0.5, 0.6) is 0 Å². The molecule has 1 N–H and O–H groups in total. The topological polar surface area (TPSA) is 21.3 Å². The maximum absolute atomic E-state index is 5.57. The fraction of sp³-hybridized carbons (Fsp3) is 0.538. The minimum Gasteiger partial charge on any atom is -0.377 e. The third kappa shape index (κ3) is 6.05. The third-order valence-corrected chi connectivity index (χ3v) is 3.08. The molecule has 90 valence electrons. The second-order valence-electron chi connectivity index (χ2n) is 4.17. The van der Waals surface area contributed by atoms with Crippen LogP contribution >= 0.6 is 11.3 Å². The molecule has 2 nitrogen and oxygen atoms in total. The van der Waals surface area contributed by atoms with Gasteiger partial charge in [-0.3, -0.25) is 0 Å². The summed E-state index contributed by atoms with van der Waals surface area (Å²) < 4.78 is 5.57. The monoisotopic (exact) mass is 239 g/mol. The van der Waals surface area contributed by atoms with Crippen molar-refractivity contribution in [3.8, 4) is 0 Å². The van der Waals surface area contributed by atoms with Crippen LogP contribution in [0.15, 0.2) is 29.7 Å². The van der Waals surface area contributed by atoms with Gasteiger partial charge in [0.1, 0.15) is 0 Å².